The summed E-state index contributed by atoms with van der Waals surface area (Å²) in [4.78, 5) is 35.5. The fourth-order valence-electron chi connectivity index (χ4n) is 3.27. The van der Waals surface area contributed by atoms with Gasteiger partial charge in [-0.05, 0) is 49.2 Å². The number of aryl methyl sites for hydroxylation is 2. The van der Waals surface area contributed by atoms with E-state index in [4.69, 9.17) is 0 Å². The molecule has 2 amide bonds. The number of nitrogens with zero attached hydrogens (tertiary/aromatic N) is 4. The van der Waals surface area contributed by atoms with Gasteiger partial charge in [0.2, 0.25) is 5.91 Å². The summed E-state index contributed by atoms with van der Waals surface area (Å²) in [5.41, 5.74) is 3.09. The number of benzene rings is 1. The molecule has 3 aromatic rings. The summed E-state index contributed by atoms with van der Waals surface area (Å²) in [7, 11) is 1.89. The molecule has 0 aliphatic carbocycles. The topological polar surface area (TPSA) is 80.1 Å². The van der Waals surface area contributed by atoms with Gasteiger partial charge in [0.05, 0.1) is 17.1 Å². The van der Waals surface area contributed by atoms with Crippen molar-refractivity contribution < 1.29 is 9.59 Å². The van der Waals surface area contributed by atoms with Gasteiger partial charge < -0.3 is 14.8 Å². The van der Waals surface area contributed by atoms with Gasteiger partial charge in [-0.15, -0.1) is 0 Å². The number of anilines is 2. The highest BCUT2D eigenvalue weighted by Gasteiger charge is 2.24. The van der Waals surface area contributed by atoms with Crippen LogP contribution in [0.3, 0.4) is 0 Å². The zero-order chi connectivity index (χ0) is 20.2. The fourth-order valence-corrected chi connectivity index (χ4v) is 4.01. The van der Waals surface area contributed by atoms with Crippen LogP contribution in [-0.2, 0) is 18.3 Å². The van der Waals surface area contributed by atoms with E-state index in [9.17, 15) is 9.59 Å². The van der Waals surface area contributed by atoms with Crippen molar-refractivity contribution in [2.45, 2.75) is 18.0 Å². The molecule has 0 radical (unpaired) electrons. The molecule has 4 rings (SSSR count). The highest BCUT2D eigenvalue weighted by Crippen LogP contribution is 2.26. The third kappa shape index (κ3) is 4.32. The van der Waals surface area contributed by atoms with E-state index in [0.717, 1.165) is 29.4 Å². The molecule has 3 heterocycles. The number of carbonyl (C=O) groups is 2. The molecule has 7 nitrogen and oxygen atoms in total. The van der Waals surface area contributed by atoms with Crippen LogP contribution in [0.4, 0.5) is 11.4 Å². The van der Waals surface area contributed by atoms with Crippen LogP contribution in [0, 0.1) is 0 Å². The number of hydrogen-bond acceptors (Lipinski definition) is 5. The van der Waals surface area contributed by atoms with Crippen LogP contribution in [0.1, 0.15) is 22.5 Å². The Hall–Kier alpha value is -3.13. The summed E-state index contributed by atoms with van der Waals surface area (Å²) < 4.78 is 1.87. The molecule has 0 saturated heterocycles. The molecule has 1 aromatic carbocycles. The van der Waals surface area contributed by atoms with Crippen LogP contribution >= 0.6 is 11.8 Å². The van der Waals surface area contributed by atoms with Gasteiger partial charge in [-0.25, -0.2) is 4.98 Å². The quantitative estimate of drug-likeness (QED) is 0.657. The molecule has 148 valence electrons. The van der Waals surface area contributed by atoms with Crippen molar-refractivity contribution in [3.63, 3.8) is 0 Å². The Morgan fingerprint density at radius 1 is 1.14 bits per heavy atom. The molecule has 0 unspecified atom stereocenters. The van der Waals surface area contributed by atoms with E-state index >= 15 is 0 Å². The highest BCUT2D eigenvalue weighted by atomic mass is 32.2. The van der Waals surface area contributed by atoms with Crippen LogP contribution in [-0.4, -0.2) is 38.6 Å². The summed E-state index contributed by atoms with van der Waals surface area (Å²) >= 11 is 1.37. The minimum Gasteiger partial charge on any atom is -0.329 e. The second-order valence-corrected chi connectivity index (χ2v) is 7.71. The number of rotatable bonds is 5. The standard InChI is InChI=1S/C21H21N5O2S/c1-25-13-11-23-21(25)29-14-19(27)24-16-8-6-15(7-9-16)20(28)26-12-3-4-17-18(26)5-2-10-22-17/h2,5-11,13H,3-4,12,14H2,1H3,(H,24,27). The number of amides is 2. The second kappa shape index (κ2) is 8.48. The van der Waals surface area contributed by atoms with Crippen LogP contribution in [0.2, 0.25) is 0 Å². The SMILES string of the molecule is Cn1ccnc1SCC(=O)Nc1ccc(C(=O)N2CCCc3ncccc32)cc1. The molecule has 1 N–H and O–H groups in total. The van der Waals surface area contributed by atoms with Gasteiger partial charge in [-0.1, -0.05) is 11.8 Å². The lowest BCUT2D eigenvalue weighted by molar-refractivity contribution is -0.113. The van der Waals surface area contributed by atoms with Gasteiger partial charge in [-0.2, -0.15) is 0 Å². The van der Waals surface area contributed by atoms with E-state index < -0.39 is 0 Å². The molecule has 2 aromatic heterocycles. The van der Waals surface area contributed by atoms with Gasteiger partial charge in [0, 0.05) is 43.4 Å². The average molecular weight is 407 g/mol. The maximum atomic E-state index is 13.0. The fraction of sp³-hybridized carbons (Fsp3) is 0.238. The number of imidazole rings is 1. The Labute approximate surface area is 173 Å². The Bertz CT molecular complexity index is 1030. The second-order valence-electron chi connectivity index (χ2n) is 6.76. The molecule has 1 aliphatic heterocycles. The molecular formula is C21H21N5O2S. The predicted octanol–water partition coefficient (Wildman–Crippen LogP) is 3.14. The molecule has 0 saturated carbocycles. The monoisotopic (exact) mass is 407 g/mol. The van der Waals surface area contributed by atoms with E-state index in [0.29, 0.717) is 17.8 Å². The van der Waals surface area contributed by atoms with Crippen LogP contribution in [0.5, 0.6) is 0 Å². The summed E-state index contributed by atoms with van der Waals surface area (Å²) in [6, 6.07) is 10.8. The molecule has 29 heavy (non-hydrogen) atoms. The van der Waals surface area contributed by atoms with Crippen LogP contribution in [0.15, 0.2) is 60.1 Å². The molecule has 0 spiro atoms. The van der Waals surface area contributed by atoms with E-state index in [1.807, 2.05) is 29.9 Å². The van der Waals surface area contributed by atoms with Gasteiger partial charge in [0.25, 0.3) is 5.91 Å². The Balaban J connectivity index is 1.38. The number of carbonyl (C=O) groups excluding carboxylic acids is 2. The van der Waals surface area contributed by atoms with Gasteiger partial charge in [-0.3, -0.25) is 14.6 Å². The third-order valence-corrected chi connectivity index (χ3v) is 5.78. The lowest BCUT2D eigenvalue weighted by Gasteiger charge is -2.28. The molecule has 8 heteroatoms. The Morgan fingerprint density at radius 3 is 2.72 bits per heavy atom. The van der Waals surface area contributed by atoms with Crippen molar-refractivity contribution in [3.8, 4) is 0 Å². The zero-order valence-corrected chi connectivity index (χ0v) is 16.9. The number of aromatic nitrogens is 3. The van der Waals surface area contributed by atoms with E-state index in [1.165, 1.54) is 11.8 Å². The first-order valence-corrected chi connectivity index (χ1v) is 10.4. The summed E-state index contributed by atoms with van der Waals surface area (Å²) in [5.74, 6) is 0.0959. The van der Waals surface area contributed by atoms with Crippen LogP contribution < -0.4 is 10.2 Å². The third-order valence-electron chi connectivity index (χ3n) is 4.72. The smallest absolute Gasteiger partial charge is 0.258 e. The van der Waals surface area contributed by atoms with Crippen LogP contribution in [0.25, 0.3) is 0 Å². The van der Waals surface area contributed by atoms with Crippen molar-refractivity contribution >= 4 is 35.0 Å². The zero-order valence-electron chi connectivity index (χ0n) is 16.0. The van der Waals surface area contributed by atoms with Crippen molar-refractivity contribution in [3.05, 3.63) is 66.2 Å². The average Bonchev–Trinajstić information content (AvgIpc) is 3.16. The van der Waals surface area contributed by atoms with Crippen molar-refractivity contribution in [2.24, 2.45) is 7.05 Å². The largest absolute Gasteiger partial charge is 0.329 e. The van der Waals surface area contributed by atoms with Gasteiger partial charge in [0.1, 0.15) is 0 Å². The normalized spacial score (nSPS) is 13.1. The van der Waals surface area contributed by atoms with Gasteiger partial charge >= 0.3 is 0 Å². The lowest BCUT2D eigenvalue weighted by Crippen LogP contribution is -2.35. The van der Waals surface area contributed by atoms with E-state index in [1.54, 1.807) is 41.6 Å². The number of nitrogens with one attached hydrogen (secondary N) is 1. The Morgan fingerprint density at radius 2 is 1.97 bits per heavy atom. The molecule has 0 fully saturated rings. The maximum absolute atomic E-state index is 13.0. The Kier molecular flexibility index (Phi) is 5.62. The number of thioether (sulfide) groups is 1. The van der Waals surface area contributed by atoms with E-state index in [-0.39, 0.29) is 17.6 Å². The first-order chi connectivity index (χ1) is 14.1. The van der Waals surface area contributed by atoms with Crippen molar-refractivity contribution in [2.75, 3.05) is 22.5 Å². The molecule has 0 bridgehead atoms. The predicted molar refractivity (Wildman–Crippen MR) is 113 cm³/mol. The maximum Gasteiger partial charge on any atom is 0.258 e. The summed E-state index contributed by atoms with van der Waals surface area (Å²) in [6.45, 7) is 0.681. The first kappa shape index (κ1) is 19.2. The molecule has 0 atom stereocenters. The van der Waals surface area contributed by atoms with Crippen molar-refractivity contribution in [1.82, 2.24) is 14.5 Å². The number of fused-ring (bicyclic) bond motifs is 1. The molecular weight excluding hydrogens is 386 g/mol. The van der Waals surface area contributed by atoms with E-state index in [2.05, 4.69) is 15.3 Å². The highest BCUT2D eigenvalue weighted by molar-refractivity contribution is 7.99. The summed E-state index contributed by atoms with van der Waals surface area (Å²) in [5, 5.41) is 3.64. The molecule has 1 aliphatic rings. The number of hydrogen-bond donors (Lipinski definition) is 1. The minimum absolute atomic E-state index is 0.0536. The van der Waals surface area contributed by atoms with Crippen molar-refractivity contribution in [1.29, 1.82) is 0 Å². The van der Waals surface area contributed by atoms with Gasteiger partial charge in [0.15, 0.2) is 5.16 Å². The summed E-state index contributed by atoms with van der Waals surface area (Å²) in [6.07, 6.45) is 7.09. The minimum atomic E-state index is -0.117. The lowest BCUT2D eigenvalue weighted by atomic mass is 10.1. The number of pyridine rings is 1. The first-order valence-electron chi connectivity index (χ1n) is 9.37.